The number of thiazole rings is 1. The molecule has 1 aliphatic heterocycles. The van der Waals surface area contributed by atoms with E-state index in [1.807, 2.05) is 24.3 Å². The number of halogens is 2. The molecule has 7 nitrogen and oxygen atoms in total. The summed E-state index contributed by atoms with van der Waals surface area (Å²) in [5, 5.41) is 10.2. The van der Waals surface area contributed by atoms with Crippen LogP contribution < -0.4 is 4.90 Å². The van der Waals surface area contributed by atoms with E-state index in [4.69, 9.17) is 9.76 Å². The average Bonchev–Trinajstić information content (AvgIpc) is 3.60. The van der Waals surface area contributed by atoms with Gasteiger partial charge in [-0.25, -0.2) is 18.0 Å². The fourth-order valence-electron chi connectivity index (χ4n) is 5.96. The third kappa shape index (κ3) is 5.90. The molecule has 1 aromatic carbocycles. The number of rotatable bonds is 7. The second-order valence-electron chi connectivity index (χ2n) is 11.5. The minimum Gasteiger partial charge on any atom is -0.370 e. The van der Waals surface area contributed by atoms with Crippen molar-refractivity contribution in [1.82, 2.24) is 9.97 Å². The van der Waals surface area contributed by atoms with Crippen molar-refractivity contribution < 1.29 is 17.8 Å². The molecule has 1 N–H and O–H groups in total. The number of anilines is 1. The summed E-state index contributed by atoms with van der Waals surface area (Å²) in [6.07, 6.45) is 2.58. The number of carbonyl (C=O) groups is 1. The maximum atomic E-state index is 14.7. The molecule has 0 spiro atoms. The molecule has 2 aliphatic carbocycles. The molecule has 214 valence electrons. The standard InChI is InChI=1S/C30H31F2N5O2S2/c31-20-3-7-23(24(15-20)26(38)16-30(18-33)9-10-30)27-28(40-29(36-27)25-8-4-21(32)17-35-25)19-1-5-22(6-2-19)37-11-13-41(34,39)14-12-37/h1-2,4-6,8,17,20,23-24,34H,3,7,9-16H2/t20-,23+,24+/m0/s1. The van der Waals surface area contributed by atoms with Crippen LogP contribution >= 0.6 is 11.3 Å². The molecule has 3 aromatic rings. The quantitative estimate of drug-likeness (QED) is 0.340. The van der Waals surface area contributed by atoms with E-state index in [-0.39, 0.29) is 24.5 Å². The summed E-state index contributed by atoms with van der Waals surface area (Å²) in [4.78, 5) is 25.7. The molecule has 3 heterocycles. The summed E-state index contributed by atoms with van der Waals surface area (Å²) in [5.74, 6) is -0.673. The van der Waals surface area contributed by atoms with Gasteiger partial charge in [-0.1, -0.05) is 12.1 Å². The lowest BCUT2D eigenvalue weighted by Gasteiger charge is -2.32. The number of hydrogen-bond acceptors (Lipinski definition) is 8. The van der Waals surface area contributed by atoms with Crippen LogP contribution in [0.2, 0.25) is 0 Å². The number of Topliss-reactive ketones (excluding diaryl/α,β-unsaturated/α-hetero) is 1. The van der Waals surface area contributed by atoms with Gasteiger partial charge in [0.15, 0.2) is 0 Å². The Morgan fingerprint density at radius 3 is 2.54 bits per heavy atom. The molecule has 0 radical (unpaired) electrons. The van der Waals surface area contributed by atoms with Crippen LogP contribution in [0.1, 0.15) is 50.1 Å². The summed E-state index contributed by atoms with van der Waals surface area (Å²) in [6, 6.07) is 13.2. The highest BCUT2D eigenvalue weighted by Gasteiger charge is 2.48. The Morgan fingerprint density at radius 2 is 1.90 bits per heavy atom. The maximum Gasteiger partial charge on any atom is 0.142 e. The summed E-state index contributed by atoms with van der Waals surface area (Å²) >= 11 is 1.42. The molecule has 2 saturated carbocycles. The van der Waals surface area contributed by atoms with E-state index in [1.54, 1.807) is 6.07 Å². The molecule has 41 heavy (non-hydrogen) atoms. The number of hydrogen-bond donors (Lipinski definition) is 1. The molecule has 0 unspecified atom stereocenters. The second-order valence-corrected chi connectivity index (χ2v) is 14.9. The second kappa shape index (κ2) is 10.9. The third-order valence-corrected chi connectivity index (χ3v) is 11.5. The summed E-state index contributed by atoms with van der Waals surface area (Å²) in [5.41, 5.74) is 2.53. The number of ketones is 1. The van der Waals surface area contributed by atoms with E-state index in [0.29, 0.717) is 61.0 Å². The van der Waals surface area contributed by atoms with Gasteiger partial charge in [-0.15, -0.1) is 11.3 Å². The molecule has 2 aromatic heterocycles. The van der Waals surface area contributed by atoms with E-state index in [1.165, 1.54) is 17.4 Å². The average molecular weight is 596 g/mol. The molecule has 3 aliphatic rings. The molecule has 1 saturated heterocycles. The van der Waals surface area contributed by atoms with Gasteiger partial charge >= 0.3 is 0 Å². The van der Waals surface area contributed by atoms with Crippen LogP contribution in [0.4, 0.5) is 14.5 Å². The zero-order chi connectivity index (χ0) is 28.8. The first-order valence-electron chi connectivity index (χ1n) is 14.0. The fraction of sp³-hybridized carbons (Fsp3) is 0.467. The molecule has 11 heteroatoms. The number of pyridine rings is 1. The van der Waals surface area contributed by atoms with Crippen LogP contribution in [0.15, 0.2) is 42.6 Å². The lowest BCUT2D eigenvalue weighted by molar-refractivity contribution is -0.126. The molecule has 6 rings (SSSR count). The molecule has 0 amide bonds. The lowest BCUT2D eigenvalue weighted by Crippen LogP contribution is -2.39. The zero-order valence-electron chi connectivity index (χ0n) is 22.5. The Balaban J connectivity index is 1.36. The number of alkyl halides is 1. The number of nitrogens with zero attached hydrogens (tertiary/aromatic N) is 4. The van der Waals surface area contributed by atoms with Crippen molar-refractivity contribution in [3.8, 4) is 27.2 Å². The smallest absolute Gasteiger partial charge is 0.142 e. The Kier molecular flexibility index (Phi) is 7.41. The summed E-state index contributed by atoms with van der Waals surface area (Å²) < 4.78 is 48.3. The third-order valence-electron chi connectivity index (χ3n) is 8.63. The first-order chi connectivity index (χ1) is 19.7. The number of benzene rings is 1. The topological polar surface area (TPSA) is 111 Å². The van der Waals surface area contributed by atoms with Gasteiger partial charge in [-0.05, 0) is 61.9 Å². The highest BCUT2D eigenvalue weighted by molar-refractivity contribution is 7.92. The van der Waals surface area contributed by atoms with Crippen LogP contribution in [0.25, 0.3) is 21.1 Å². The highest BCUT2D eigenvalue weighted by Crippen LogP contribution is 2.52. The van der Waals surface area contributed by atoms with E-state index in [2.05, 4.69) is 16.0 Å². The van der Waals surface area contributed by atoms with Crippen molar-refractivity contribution in [1.29, 1.82) is 10.0 Å². The Morgan fingerprint density at radius 1 is 1.17 bits per heavy atom. The van der Waals surface area contributed by atoms with Gasteiger partial charge in [0.25, 0.3) is 0 Å². The zero-order valence-corrected chi connectivity index (χ0v) is 24.2. The first kappa shape index (κ1) is 27.9. The Hall–Kier alpha value is -3.23. The van der Waals surface area contributed by atoms with E-state index < -0.39 is 33.1 Å². The Labute approximate surface area is 242 Å². The predicted molar refractivity (Wildman–Crippen MR) is 155 cm³/mol. The van der Waals surface area contributed by atoms with Crippen molar-refractivity contribution in [2.75, 3.05) is 29.5 Å². The summed E-state index contributed by atoms with van der Waals surface area (Å²) in [7, 11) is -2.49. The van der Waals surface area contributed by atoms with E-state index >= 15 is 0 Å². The van der Waals surface area contributed by atoms with Gasteiger partial charge in [0.05, 0.1) is 33.9 Å². The van der Waals surface area contributed by atoms with Crippen LogP contribution in [-0.2, 0) is 14.5 Å². The molecular formula is C30H31F2N5O2S2. The van der Waals surface area contributed by atoms with E-state index in [9.17, 15) is 23.0 Å². The van der Waals surface area contributed by atoms with Crippen LogP contribution in [-0.4, -0.2) is 50.7 Å². The molecule has 3 atom stereocenters. The van der Waals surface area contributed by atoms with Gasteiger partial charge in [0.2, 0.25) is 0 Å². The Bertz CT molecular complexity index is 1580. The SMILES string of the molecule is N#CC1(CC(=O)[C@@H]2C[C@@H](F)CC[C@H]2c2nc(-c3ccc(F)cn3)sc2-c2ccc(N3CCS(=N)(=O)CC3)cc2)CC1. The maximum absolute atomic E-state index is 14.7. The lowest BCUT2D eigenvalue weighted by atomic mass is 9.72. The van der Waals surface area contributed by atoms with Crippen molar-refractivity contribution in [2.24, 2.45) is 11.3 Å². The highest BCUT2D eigenvalue weighted by atomic mass is 32.2. The van der Waals surface area contributed by atoms with Crippen molar-refractivity contribution >= 4 is 32.5 Å². The van der Waals surface area contributed by atoms with Gasteiger partial charge in [0, 0.05) is 58.3 Å². The fourth-order valence-corrected chi connectivity index (χ4v) is 8.31. The molecular weight excluding hydrogens is 564 g/mol. The van der Waals surface area contributed by atoms with Gasteiger partial charge in [-0.3, -0.25) is 14.6 Å². The number of carbonyl (C=O) groups excluding carboxylic acids is 1. The monoisotopic (exact) mass is 595 g/mol. The predicted octanol–water partition coefficient (Wildman–Crippen LogP) is 6.36. The number of aromatic nitrogens is 2. The first-order valence-corrected chi connectivity index (χ1v) is 16.7. The molecule has 3 fully saturated rings. The van der Waals surface area contributed by atoms with Gasteiger partial charge in [-0.2, -0.15) is 5.26 Å². The van der Waals surface area contributed by atoms with Crippen molar-refractivity contribution in [2.45, 2.75) is 50.6 Å². The van der Waals surface area contributed by atoms with Gasteiger partial charge in [0.1, 0.15) is 22.8 Å². The van der Waals surface area contributed by atoms with Crippen LogP contribution in [0.3, 0.4) is 0 Å². The van der Waals surface area contributed by atoms with Crippen molar-refractivity contribution in [3.05, 3.63) is 54.1 Å². The van der Waals surface area contributed by atoms with Gasteiger partial charge < -0.3 is 4.90 Å². The van der Waals surface area contributed by atoms with E-state index in [0.717, 1.165) is 28.0 Å². The minimum absolute atomic E-state index is 0.0665. The summed E-state index contributed by atoms with van der Waals surface area (Å²) in [6.45, 7) is 1.13. The van der Waals surface area contributed by atoms with Crippen molar-refractivity contribution in [3.63, 3.8) is 0 Å². The number of nitriles is 1. The minimum atomic E-state index is -2.49. The molecule has 0 bridgehead atoms. The largest absolute Gasteiger partial charge is 0.370 e. The number of nitrogens with one attached hydrogen (secondary N) is 1. The van der Waals surface area contributed by atoms with Crippen LogP contribution in [0, 0.1) is 33.3 Å². The normalized spacial score (nSPS) is 24.9. The van der Waals surface area contributed by atoms with Crippen LogP contribution in [0.5, 0.6) is 0 Å².